The van der Waals surface area contributed by atoms with E-state index in [1.807, 2.05) is 66.9 Å². The van der Waals surface area contributed by atoms with Crippen molar-refractivity contribution in [3.63, 3.8) is 0 Å². The van der Waals surface area contributed by atoms with Crippen LogP contribution in [-0.2, 0) is 25.6 Å². The summed E-state index contributed by atoms with van der Waals surface area (Å²) in [7, 11) is 0. The number of thioether (sulfide) groups is 1. The number of fused-ring (bicyclic) bond motifs is 2. The Labute approximate surface area is 219 Å². The highest BCUT2D eigenvalue weighted by atomic mass is 32.2. The Morgan fingerprint density at radius 1 is 0.784 bits per heavy atom. The predicted molar refractivity (Wildman–Crippen MR) is 138 cm³/mol. The molecule has 0 bridgehead atoms. The van der Waals surface area contributed by atoms with Gasteiger partial charge in [-0.1, -0.05) is 72.8 Å². The van der Waals surface area contributed by atoms with Gasteiger partial charge in [-0.05, 0) is 24.0 Å². The van der Waals surface area contributed by atoms with Gasteiger partial charge >= 0.3 is 0 Å². The second-order valence-electron chi connectivity index (χ2n) is 9.24. The van der Waals surface area contributed by atoms with E-state index in [1.54, 1.807) is 24.3 Å². The average Bonchev–Trinajstić information content (AvgIpc) is 3.50. The van der Waals surface area contributed by atoms with E-state index >= 15 is 0 Å². The molecule has 3 aromatic carbocycles. The molecular weight excluding hydrogens is 490 g/mol. The van der Waals surface area contributed by atoms with Crippen molar-refractivity contribution in [2.75, 3.05) is 12.9 Å². The molecule has 0 radical (unpaired) electrons. The van der Waals surface area contributed by atoms with Crippen molar-refractivity contribution < 1.29 is 28.5 Å². The first-order valence-electron chi connectivity index (χ1n) is 12.3. The van der Waals surface area contributed by atoms with Gasteiger partial charge in [0, 0.05) is 5.56 Å². The highest BCUT2D eigenvalue weighted by molar-refractivity contribution is 7.99. The summed E-state index contributed by atoms with van der Waals surface area (Å²) in [5, 5.41) is 0. The molecule has 3 aromatic rings. The molecule has 2 fully saturated rings. The number of ether oxygens (including phenoxy) is 4. The van der Waals surface area contributed by atoms with E-state index in [2.05, 4.69) is 0 Å². The largest absolute Gasteiger partial charge is 0.374 e. The minimum Gasteiger partial charge on any atom is -0.374 e. The van der Waals surface area contributed by atoms with Gasteiger partial charge in [0.15, 0.2) is 6.29 Å². The molecule has 8 heteroatoms. The van der Waals surface area contributed by atoms with Crippen molar-refractivity contribution in [1.29, 1.82) is 0 Å². The molecule has 3 aliphatic rings. The van der Waals surface area contributed by atoms with Crippen molar-refractivity contribution in [3.8, 4) is 0 Å². The van der Waals surface area contributed by atoms with Crippen LogP contribution in [-0.4, -0.2) is 59.4 Å². The minimum atomic E-state index is -0.661. The predicted octanol–water partition coefficient (Wildman–Crippen LogP) is 4.44. The third-order valence-electron chi connectivity index (χ3n) is 7.00. The summed E-state index contributed by atoms with van der Waals surface area (Å²) >= 11 is 1.44. The van der Waals surface area contributed by atoms with Gasteiger partial charge in [0.2, 0.25) is 0 Å². The average molecular weight is 518 g/mol. The van der Waals surface area contributed by atoms with Crippen LogP contribution in [0.1, 0.15) is 38.1 Å². The Bertz CT molecular complexity index is 1240. The summed E-state index contributed by atoms with van der Waals surface area (Å²) in [6.07, 6.45) is -0.286. The van der Waals surface area contributed by atoms with Gasteiger partial charge in [-0.15, -0.1) is 11.8 Å². The molecule has 7 nitrogen and oxygen atoms in total. The lowest BCUT2D eigenvalue weighted by atomic mass is 9.97. The molecule has 0 N–H and O–H groups in total. The SMILES string of the molecule is CS[C@@H]1O[C@H](COCc2ccccc2)[C@@H]2O[C@@H](c3ccccc3)O[C@@H]2[C@H]1N1C(=O)c2ccccc2C1=O. The summed E-state index contributed by atoms with van der Waals surface area (Å²) in [6.45, 7) is 0.722. The van der Waals surface area contributed by atoms with Gasteiger partial charge in [-0.3, -0.25) is 14.5 Å². The topological polar surface area (TPSA) is 74.3 Å². The van der Waals surface area contributed by atoms with Crippen molar-refractivity contribution in [2.45, 2.75) is 42.7 Å². The maximum atomic E-state index is 13.4. The van der Waals surface area contributed by atoms with Crippen LogP contribution in [0.2, 0.25) is 0 Å². The molecule has 2 saturated heterocycles. The van der Waals surface area contributed by atoms with Gasteiger partial charge in [-0.2, -0.15) is 0 Å². The van der Waals surface area contributed by atoms with Crippen molar-refractivity contribution >= 4 is 23.6 Å². The zero-order valence-electron chi connectivity index (χ0n) is 20.3. The number of carbonyl (C=O) groups excluding carboxylic acids is 2. The van der Waals surface area contributed by atoms with Gasteiger partial charge in [-0.25, -0.2) is 0 Å². The fraction of sp³-hybridized carbons (Fsp3) is 0.310. The highest BCUT2D eigenvalue weighted by Crippen LogP contribution is 2.44. The standard InChI is InChI=1S/C29H27NO6S/c1-37-29-23(30-26(31)20-14-8-9-15-21(20)27(30)32)25-24(35-28(36-25)19-12-6-3-7-13-19)22(34-29)17-33-16-18-10-4-2-5-11-18/h2-15,22-25,28-29H,16-17H2,1H3/t22-,23-,24+,25-,28-,29+/m1/s1. The number of amides is 2. The van der Waals surface area contributed by atoms with Crippen LogP contribution >= 0.6 is 11.8 Å². The number of rotatable bonds is 7. The van der Waals surface area contributed by atoms with Crippen molar-refractivity contribution in [3.05, 3.63) is 107 Å². The summed E-state index contributed by atoms with van der Waals surface area (Å²) in [5.41, 5.74) is 2.21. The summed E-state index contributed by atoms with van der Waals surface area (Å²) in [4.78, 5) is 28.2. The second-order valence-corrected chi connectivity index (χ2v) is 10.2. The lowest BCUT2D eigenvalue weighted by Crippen LogP contribution is -2.63. The summed E-state index contributed by atoms with van der Waals surface area (Å²) in [5.74, 6) is -0.671. The van der Waals surface area contributed by atoms with E-state index in [9.17, 15) is 9.59 Å². The van der Waals surface area contributed by atoms with E-state index < -0.39 is 36.1 Å². The van der Waals surface area contributed by atoms with Gasteiger partial charge in [0.1, 0.15) is 29.8 Å². The molecule has 0 aromatic heterocycles. The number of hydrogen-bond acceptors (Lipinski definition) is 7. The monoisotopic (exact) mass is 517 g/mol. The Morgan fingerprint density at radius 3 is 2.03 bits per heavy atom. The fourth-order valence-electron chi connectivity index (χ4n) is 5.24. The van der Waals surface area contributed by atoms with E-state index in [0.29, 0.717) is 17.7 Å². The Balaban J connectivity index is 1.29. The Kier molecular flexibility index (Phi) is 6.84. The van der Waals surface area contributed by atoms with Crippen LogP contribution in [0.3, 0.4) is 0 Å². The summed E-state index contributed by atoms with van der Waals surface area (Å²) in [6, 6.07) is 25.8. The zero-order chi connectivity index (χ0) is 25.4. The van der Waals surface area contributed by atoms with Gasteiger partial charge < -0.3 is 18.9 Å². The maximum Gasteiger partial charge on any atom is 0.262 e. The molecule has 0 spiro atoms. The van der Waals surface area contributed by atoms with Crippen LogP contribution in [0.15, 0.2) is 84.9 Å². The number of hydrogen-bond donors (Lipinski definition) is 0. The first-order valence-corrected chi connectivity index (χ1v) is 13.6. The third-order valence-corrected chi connectivity index (χ3v) is 7.85. The van der Waals surface area contributed by atoms with Crippen LogP contribution in [0.4, 0.5) is 0 Å². The first kappa shape index (κ1) is 24.3. The lowest BCUT2D eigenvalue weighted by molar-refractivity contribution is -0.152. The fourth-order valence-corrected chi connectivity index (χ4v) is 6.05. The number of carbonyl (C=O) groups is 2. The molecule has 6 rings (SSSR count). The Hall–Kier alpha value is -3.01. The maximum absolute atomic E-state index is 13.4. The zero-order valence-corrected chi connectivity index (χ0v) is 21.1. The second kappa shape index (κ2) is 10.4. The molecule has 190 valence electrons. The number of benzene rings is 3. The third kappa shape index (κ3) is 4.49. The number of nitrogens with zero attached hydrogens (tertiary/aromatic N) is 1. The molecule has 3 heterocycles. The highest BCUT2D eigenvalue weighted by Gasteiger charge is 2.58. The van der Waals surface area contributed by atoms with E-state index in [0.717, 1.165) is 11.1 Å². The van der Waals surface area contributed by atoms with Crippen molar-refractivity contribution in [1.82, 2.24) is 4.90 Å². The molecule has 0 unspecified atom stereocenters. The van der Waals surface area contributed by atoms with Crippen LogP contribution < -0.4 is 0 Å². The lowest BCUT2D eigenvalue weighted by Gasteiger charge is -2.44. The first-order chi connectivity index (χ1) is 18.2. The molecule has 3 aliphatic heterocycles. The molecule has 0 aliphatic carbocycles. The van der Waals surface area contributed by atoms with Crippen LogP contribution in [0.5, 0.6) is 0 Å². The molecule has 6 atom stereocenters. The molecule has 2 amide bonds. The van der Waals surface area contributed by atoms with Crippen LogP contribution in [0.25, 0.3) is 0 Å². The van der Waals surface area contributed by atoms with Gasteiger partial charge in [0.25, 0.3) is 11.8 Å². The van der Waals surface area contributed by atoms with E-state index in [1.165, 1.54) is 16.7 Å². The summed E-state index contributed by atoms with van der Waals surface area (Å²) < 4.78 is 25.4. The van der Waals surface area contributed by atoms with Gasteiger partial charge in [0.05, 0.1) is 24.3 Å². The number of imide groups is 1. The van der Waals surface area contributed by atoms with Crippen molar-refractivity contribution in [2.24, 2.45) is 0 Å². The quantitative estimate of drug-likeness (QED) is 0.429. The van der Waals surface area contributed by atoms with Crippen LogP contribution in [0, 0.1) is 0 Å². The Morgan fingerprint density at radius 2 is 1.38 bits per heavy atom. The molecule has 37 heavy (non-hydrogen) atoms. The molecule has 0 saturated carbocycles. The minimum absolute atomic E-state index is 0.285. The molecular formula is C29H27NO6S. The normalized spacial score (nSPS) is 28.8. The van der Waals surface area contributed by atoms with E-state index in [4.69, 9.17) is 18.9 Å². The van der Waals surface area contributed by atoms with E-state index in [-0.39, 0.29) is 18.4 Å². The smallest absolute Gasteiger partial charge is 0.262 e.